The van der Waals surface area contributed by atoms with Crippen LogP contribution >= 0.6 is 11.6 Å². The van der Waals surface area contributed by atoms with Gasteiger partial charge in [0.2, 0.25) is 5.16 Å². The van der Waals surface area contributed by atoms with Crippen molar-refractivity contribution in [2.45, 2.75) is 10.1 Å². The number of benzene rings is 2. The SMILES string of the molecule is COc1ccnc(-c2ccccc2S(=O)c2nc3ccc(Cl)cc3[nH]2)c1. The van der Waals surface area contributed by atoms with Crippen LogP contribution < -0.4 is 4.74 Å². The first-order valence-electron chi connectivity index (χ1n) is 7.82. The normalized spacial score (nSPS) is 12.2. The van der Waals surface area contributed by atoms with Gasteiger partial charge in [0, 0.05) is 22.8 Å². The molecule has 5 nitrogen and oxygen atoms in total. The van der Waals surface area contributed by atoms with Gasteiger partial charge in [-0.15, -0.1) is 0 Å². The number of ether oxygens (including phenoxy) is 1. The van der Waals surface area contributed by atoms with E-state index in [0.717, 1.165) is 16.6 Å². The van der Waals surface area contributed by atoms with Crippen molar-refractivity contribution in [1.82, 2.24) is 15.0 Å². The molecule has 26 heavy (non-hydrogen) atoms. The summed E-state index contributed by atoms with van der Waals surface area (Å²) in [6.07, 6.45) is 1.66. The first kappa shape index (κ1) is 16.8. The Kier molecular flexibility index (Phi) is 4.44. The minimum Gasteiger partial charge on any atom is -0.497 e. The number of hydrogen-bond acceptors (Lipinski definition) is 4. The largest absolute Gasteiger partial charge is 0.497 e. The van der Waals surface area contributed by atoms with Crippen molar-refractivity contribution >= 4 is 33.4 Å². The van der Waals surface area contributed by atoms with Crippen LogP contribution in [0.4, 0.5) is 0 Å². The number of H-pyrrole nitrogens is 1. The zero-order valence-corrected chi connectivity index (χ0v) is 15.3. The van der Waals surface area contributed by atoms with Gasteiger partial charge < -0.3 is 9.72 Å². The van der Waals surface area contributed by atoms with Crippen molar-refractivity contribution in [2.75, 3.05) is 7.11 Å². The lowest BCUT2D eigenvalue weighted by molar-refractivity contribution is 0.414. The van der Waals surface area contributed by atoms with E-state index in [1.807, 2.05) is 30.3 Å². The van der Waals surface area contributed by atoms with Gasteiger partial charge in [0.15, 0.2) is 0 Å². The highest BCUT2D eigenvalue weighted by Gasteiger charge is 2.17. The molecule has 0 aliphatic rings. The number of imidazole rings is 1. The molecule has 0 saturated heterocycles. The summed E-state index contributed by atoms with van der Waals surface area (Å²) in [4.78, 5) is 12.5. The second-order valence-corrected chi connectivity index (χ2v) is 7.35. The van der Waals surface area contributed by atoms with Gasteiger partial charge in [-0.2, -0.15) is 0 Å². The van der Waals surface area contributed by atoms with E-state index in [-0.39, 0.29) is 0 Å². The maximum Gasteiger partial charge on any atom is 0.202 e. The van der Waals surface area contributed by atoms with E-state index in [0.29, 0.717) is 26.5 Å². The van der Waals surface area contributed by atoms with Gasteiger partial charge >= 0.3 is 0 Å². The van der Waals surface area contributed by atoms with E-state index in [1.165, 1.54) is 0 Å². The third kappa shape index (κ3) is 3.09. The highest BCUT2D eigenvalue weighted by Crippen LogP contribution is 2.29. The van der Waals surface area contributed by atoms with Gasteiger partial charge in [-0.1, -0.05) is 29.8 Å². The molecule has 0 saturated carbocycles. The molecule has 0 amide bonds. The van der Waals surface area contributed by atoms with Gasteiger partial charge in [-0.25, -0.2) is 9.19 Å². The van der Waals surface area contributed by atoms with Crippen LogP contribution in [0.5, 0.6) is 5.75 Å². The Balaban J connectivity index is 1.80. The van der Waals surface area contributed by atoms with Crippen LogP contribution in [0.15, 0.2) is 70.8 Å². The summed E-state index contributed by atoms with van der Waals surface area (Å²) in [5.74, 6) is 0.689. The molecule has 0 aliphatic heterocycles. The van der Waals surface area contributed by atoms with E-state index in [4.69, 9.17) is 16.3 Å². The average molecular weight is 384 g/mol. The highest BCUT2D eigenvalue weighted by atomic mass is 35.5. The molecule has 0 bridgehead atoms. The second-order valence-electron chi connectivity index (χ2n) is 5.55. The number of rotatable bonds is 4. The van der Waals surface area contributed by atoms with Crippen LogP contribution in [0, 0.1) is 0 Å². The average Bonchev–Trinajstić information content (AvgIpc) is 3.10. The molecule has 0 aliphatic carbocycles. The number of pyridine rings is 1. The molecule has 1 atom stereocenters. The zero-order chi connectivity index (χ0) is 18.1. The molecule has 4 aromatic rings. The Labute approximate surface area is 157 Å². The fraction of sp³-hybridized carbons (Fsp3) is 0.0526. The molecule has 0 spiro atoms. The zero-order valence-electron chi connectivity index (χ0n) is 13.8. The van der Waals surface area contributed by atoms with Crippen molar-refractivity contribution in [2.24, 2.45) is 0 Å². The summed E-state index contributed by atoms with van der Waals surface area (Å²) in [6.45, 7) is 0. The minimum absolute atomic E-state index is 0.373. The van der Waals surface area contributed by atoms with Crippen molar-refractivity contribution in [3.05, 3.63) is 65.8 Å². The minimum atomic E-state index is -1.50. The van der Waals surface area contributed by atoms with Crippen LogP contribution in [-0.2, 0) is 10.8 Å². The number of halogens is 1. The number of fused-ring (bicyclic) bond motifs is 1. The summed E-state index contributed by atoms with van der Waals surface area (Å²) in [6, 6.07) is 16.3. The Hall–Kier alpha value is -2.70. The predicted molar refractivity (Wildman–Crippen MR) is 102 cm³/mol. The lowest BCUT2D eigenvalue weighted by atomic mass is 10.1. The molecule has 1 N–H and O–H groups in total. The number of nitrogens with one attached hydrogen (secondary N) is 1. The Morgan fingerprint density at radius 3 is 2.81 bits per heavy atom. The number of hydrogen-bond donors (Lipinski definition) is 1. The van der Waals surface area contributed by atoms with Gasteiger partial charge in [0.1, 0.15) is 16.5 Å². The molecule has 2 aromatic heterocycles. The molecular formula is C19H14ClN3O2S. The smallest absolute Gasteiger partial charge is 0.202 e. The highest BCUT2D eigenvalue weighted by molar-refractivity contribution is 7.85. The van der Waals surface area contributed by atoms with Crippen LogP contribution in [0.1, 0.15) is 0 Å². The number of aromatic amines is 1. The molecular weight excluding hydrogens is 370 g/mol. The van der Waals surface area contributed by atoms with Gasteiger partial charge in [0.05, 0.1) is 28.7 Å². The fourth-order valence-electron chi connectivity index (χ4n) is 2.68. The topological polar surface area (TPSA) is 67.9 Å². The monoisotopic (exact) mass is 383 g/mol. The van der Waals surface area contributed by atoms with Crippen molar-refractivity contribution in [3.63, 3.8) is 0 Å². The quantitative estimate of drug-likeness (QED) is 0.565. The summed E-state index contributed by atoms with van der Waals surface area (Å²) in [5.41, 5.74) is 2.92. The Morgan fingerprint density at radius 2 is 1.96 bits per heavy atom. The molecule has 1 unspecified atom stereocenters. The lowest BCUT2D eigenvalue weighted by Gasteiger charge is -2.08. The lowest BCUT2D eigenvalue weighted by Crippen LogP contribution is -1.99. The van der Waals surface area contributed by atoms with E-state index in [2.05, 4.69) is 15.0 Å². The molecule has 2 aromatic carbocycles. The molecule has 0 radical (unpaired) electrons. The Morgan fingerprint density at radius 1 is 1.12 bits per heavy atom. The predicted octanol–water partition coefficient (Wildman–Crippen LogP) is 4.45. The second kappa shape index (κ2) is 6.90. The number of nitrogens with zero attached hydrogens (tertiary/aromatic N) is 2. The first-order chi connectivity index (χ1) is 12.7. The summed E-state index contributed by atoms with van der Waals surface area (Å²) >= 11 is 6.01. The van der Waals surface area contributed by atoms with Crippen LogP contribution in [0.2, 0.25) is 5.02 Å². The standard InChI is InChI=1S/C19H14ClN3O2S/c1-25-13-8-9-21-16(11-13)14-4-2-3-5-18(14)26(24)19-22-15-7-6-12(20)10-17(15)23-19/h2-11H,1H3,(H,22,23). The maximum atomic E-state index is 13.2. The third-order valence-corrected chi connectivity index (χ3v) is 5.46. The molecule has 4 rings (SSSR count). The Bertz CT molecular complexity index is 1130. The van der Waals surface area contributed by atoms with Crippen LogP contribution in [0.3, 0.4) is 0 Å². The van der Waals surface area contributed by atoms with E-state index in [1.54, 1.807) is 37.6 Å². The molecule has 130 valence electrons. The van der Waals surface area contributed by atoms with E-state index >= 15 is 0 Å². The molecule has 7 heteroatoms. The van der Waals surface area contributed by atoms with Gasteiger partial charge in [-0.05, 0) is 30.3 Å². The number of aromatic nitrogens is 3. The van der Waals surface area contributed by atoms with Crippen molar-refractivity contribution in [1.29, 1.82) is 0 Å². The summed E-state index contributed by atoms with van der Waals surface area (Å²) in [7, 11) is 0.103. The third-order valence-electron chi connectivity index (χ3n) is 3.93. The molecule has 0 fully saturated rings. The van der Waals surface area contributed by atoms with Crippen LogP contribution in [-0.4, -0.2) is 26.3 Å². The fourth-order valence-corrected chi connectivity index (χ4v) is 4.01. The van der Waals surface area contributed by atoms with E-state index < -0.39 is 10.8 Å². The van der Waals surface area contributed by atoms with E-state index in [9.17, 15) is 4.21 Å². The van der Waals surface area contributed by atoms with Crippen molar-refractivity contribution < 1.29 is 8.95 Å². The van der Waals surface area contributed by atoms with Gasteiger partial charge in [0.25, 0.3) is 0 Å². The van der Waals surface area contributed by atoms with Crippen LogP contribution in [0.25, 0.3) is 22.3 Å². The first-order valence-corrected chi connectivity index (χ1v) is 9.35. The summed E-state index contributed by atoms with van der Waals surface area (Å²) < 4.78 is 18.4. The maximum absolute atomic E-state index is 13.2. The van der Waals surface area contributed by atoms with Crippen molar-refractivity contribution in [3.8, 4) is 17.0 Å². The number of methoxy groups -OCH3 is 1. The molecule has 2 heterocycles. The summed E-state index contributed by atoms with van der Waals surface area (Å²) in [5, 5.41) is 0.970. The van der Waals surface area contributed by atoms with Gasteiger partial charge in [-0.3, -0.25) is 4.98 Å².